The predicted molar refractivity (Wildman–Crippen MR) is 109 cm³/mol. The largest absolute Gasteiger partial charge is 0.465 e. The van der Waals surface area contributed by atoms with E-state index in [0.717, 1.165) is 11.1 Å². The Hall–Kier alpha value is -3.68. The highest BCUT2D eigenvalue weighted by molar-refractivity contribution is 5.99. The average Bonchev–Trinajstić information content (AvgIpc) is 2.72. The summed E-state index contributed by atoms with van der Waals surface area (Å²) in [5, 5.41) is 9.33. The van der Waals surface area contributed by atoms with Crippen molar-refractivity contribution in [1.29, 1.82) is 0 Å². The molecule has 2 aromatic carbocycles. The molecule has 0 aliphatic carbocycles. The second-order valence-corrected chi connectivity index (χ2v) is 6.17. The van der Waals surface area contributed by atoms with Crippen molar-refractivity contribution in [2.75, 3.05) is 19.0 Å². The van der Waals surface area contributed by atoms with Crippen LogP contribution in [0.5, 0.6) is 0 Å². The highest BCUT2D eigenvalue weighted by Crippen LogP contribution is 2.10. The van der Waals surface area contributed by atoms with Crippen molar-refractivity contribution < 1.29 is 24.0 Å². The number of hydrogen-bond donors (Lipinski definition) is 2. The first kappa shape index (κ1) is 21.6. The summed E-state index contributed by atoms with van der Waals surface area (Å²) < 4.78 is 4.64. The van der Waals surface area contributed by atoms with E-state index in [2.05, 4.69) is 20.5 Å². The number of benzene rings is 2. The molecule has 0 spiro atoms. The third-order valence-corrected chi connectivity index (χ3v) is 3.88. The van der Waals surface area contributed by atoms with E-state index in [1.807, 2.05) is 0 Å². The fourth-order valence-electron chi connectivity index (χ4n) is 2.37. The molecule has 2 amide bonds. The summed E-state index contributed by atoms with van der Waals surface area (Å²) in [6.45, 7) is 3.28. The number of hydrogen-bond acceptors (Lipinski definition) is 6. The summed E-state index contributed by atoms with van der Waals surface area (Å²) in [4.78, 5) is 39.4. The minimum Gasteiger partial charge on any atom is -0.465 e. The highest BCUT2D eigenvalue weighted by atomic mass is 16.6. The molecular formula is C21H23N3O5. The second-order valence-electron chi connectivity index (χ2n) is 6.17. The first-order valence-electron chi connectivity index (χ1n) is 8.87. The molecule has 152 valence electrons. The number of nitrogens with one attached hydrogen (secondary N) is 2. The summed E-state index contributed by atoms with van der Waals surface area (Å²) in [5.41, 5.74) is 3.38. The van der Waals surface area contributed by atoms with Crippen LogP contribution in [0.2, 0.25) is 0 Å². The predicted octanol–water partition coefficient (Wildman–Crippen LogP) is 2.49. The third-order valence-electron chi connectivity index (χ3n) is 3.88. The Bertz CT molecular complexity index is 890. The van der Waals surface area contributed by atoms with E-state index in [0.29, 0.717) is 23.5 Å². The van der Waals surface area contributed by atoms with Crippen LogP contribution >= 0.6 is 0 Å². The lowest BCUT2D eigenvalue weighted by Crippen LogP contribution is -2.26. The van der Waals surface area contributed by atoms with Gasteiger partial charge in [0.15, 0.2) is 6.61 Å². The molecule has 0 saturated carbocycles. The minimum absolute atomic E-state index is 0.142. The number of esters is 1. The maximum Gasteiger partial charge on any atom is 0.337 e. The van der Waals surface area contributed by atoms with E-state index >= 15 is 0 Å². The molecule has 0 unspecified atom stereocenters. The molecule has 0 radical (unpaired) electrons. The van der Waals surface area contributed by atoms with E-state index in [9.17, 15) is 14.4 Å². The normalized spacial score (nSPS) is 10.8. The first-order valence-corrected chi connectivity index (χ1v) is 8.87. The zero-order valence-corrected chi connectivity index (χ0v) is 16.5. The van der Waals surface area contributed by atoms with E-state index < -0.39 is 5.97 Å². The Morgan fingerprint density at radius 3 is 2.14 bits per heavy atom. The van der Waals surface area contributed by atoms with Gasteiger partial charge in [0.05, 0.1) is 18.4 Å². The molecule has 0 fully saturated rings. The summed E-state index contributed by atoms with van der Waals surface area (Å²) in [6, 6.07) is 13.9. The molecule has 29 heavy (non-hydrogen) atoms. The van der Waals surface area contributed by atoms with Crippen LogP contribution in [0.1, 0.15) is 35.3 Å². The number of amides is 2. The van der Waals surface area contributed by atoms with E-state index in [-0.39, 0.29) is 18.4 Å². The van der Waals surface area contributed by atoms with Crippen LogP contribution < -0.4 is 10.6 Å². The number of oxime groups is 1. The van der Waals surface area contributed by atoms with Gasteiger partial charge < -0.3 is 20.2 Å². The van der Waals surface area contributed by atoms with Crippen molar-refractivity contribution in [2.45, 2.75) is 20.4 Å². The van der Waals surface area contributed by atoms with E-state index in [1.54, 1.807) is 55.5 Å². The Kier molecular flexibility index (Phi) is 7.90. The Morgan fingerprint density at radius 1 is 0.931 bits per heavy atom. The van der Waals surface area contributed by atoms with Crippen LogP contribution in [0.3, 0.4) is 0 Å². The molecule has 0 heterocycles. The Morgan fingerprint density at radius 2 is 1.55 bits per heavy atom. The summed E-state index contributed by atoms with van der Waals surface area (Å²) >= 11 is 0. The van der Waals surface area contributed by atoms with Gasteiger partial charge in [0.1, 0.15) is 0 Å². The fourth-order valence-corrected chi connectivity index (χ4v) is 2.37. The number of carbonyl (C=O) groups is 3. The lowest BCUT2D eigenvalue weighted by molar-refractivity contribution is -0.125. The van der Waals surface area contributed by atoms with Crippen LogP contribution in [0.4, 0.5) is 5.69 Å². The second kappa shape index (κ2) is 10.6. The van der Waals surface area contributed by atoms with Gasteiger partial charge in [-0.1, -0.05) is 29.4 Å². The summed E-state index contributed by atoms with van der Waals surface area (Å²) in [5.74, 6) is -0.872. The molecule has 0 aliphatic rings. The number of methoxy groups -OCH3 is 1. The minimum atomic E-state index is -0.410. The molecule has 0 bridgehead atoms. The topological polar surface area (TPSA) is 106 Å². The van der Waals surface area contributed by atoms with Crippen molar-refractivity contribution in [3.05, 3.63) is 65.2 Å². The molecule has 0 atom stereocenters. The summed E-state index contributed by atoms with van der Waals surface area (Å²) in [7, 11) is 1.32. The number of nitrogens with zero attached hydrogens (tertiary/aromatic N) is 1. The third kappa shape index (κ3) is 7.10. The Balaban J connectivity index is 1.78. The molecule has 2 aromatic rings. The monoisotopic (exact) mass is 397 g/mol. The van der Waals surface area contributed by atoms with Gasteiger partial charge in [-0.3, -0.25) is 9.59 Å². The lowest BCUT2D eigenvalue weighted by Gasteiger charge is -2.07. The molecule has 0 saturated heterocycles. The van der Waals surface area contributed by atoms with E-state index in [1.165, 1.54) is 14.0 Å². The zero-order chi connectivity index (χ0) is 21.2. The quantitative estimate of drug-likeness (QED) is 0.404. The molecule has 2 rings (SSSR count). The van der Waals surface area contributed by atoms with Crippen LogP contribution in [0, 0.1) is 0 Å². The van der Waals surface area contributed by atoms with Gasteiger partial charge in [0.2, 0.25) is 5.91 Å². The molecule has 0 aromatic heterocycles. The number of carbonyl (C=O) groups excluding carboxylic acids is 3. The van der Waals surface area contributed by atoms with Crippen LogP contribution in [-0.4, -0.2) is 37.2 Å². The Labute approximate surface area is 168 Å². The smallest absolute Gasteiger partial charge is 0.337 e. The molecular weight excluding hydrogens is 374 g/mol. The SMILES string of the molecule is COC(=O)c1ccc(CNC(=O)CO/N=C(\C)c2ccc(NC(C)=O)cc2)cc1. The van der Waals surface area contributed by atoms with Crippen molar-refractivity contribution in [3.8, 4) is 0 Å². The zero-order valence-electron chi connectivity index (χ0n) is 16.5. The first-order chi connectivity index (χ1) is 13.9. The van der Waals surface area contributed by atoms with Gasteiger partial charge in [0.25, 0.3) is 5.91 Å². The van der Waals surface area contributed by atoms with Crippen LogP contribution in [0.25, 0.3) is 0 Å². The van der Waals surface area contributed by atoms with Crippen molar-refractivity contribution in [3.63, 3.8) is 0 Å². The van der Waals surface area contributed by atoms with Gasteiger partial charge in [0, 0.05) is 19.2 Å². The van der Waals surface area contributed by atoms with Crippen molar-refractivity contribution >= 4 is 29.2 Å². The van der Waals surface area contributed by atoms with Gasteiger partial charge in [-0.2, -0.15) is 0 Å². The van der Waals surface area contributed by atoms with Crippen molar-refractivity contribution in [2.24, 2.45) is 5.16 Å². The number of ether oxygens (including phenoxy) is 1. The fraction of sp³-hybridized carbons (Fsp3) is 0.238. The van der Waals surface area contributed by atoms with Gasteiger partial charge in [-0.05, 0) is 42.3 Å². The van der Waals surface area contributed by atoms with Crippen LogP contribution in [-0.2, 0) is 25.7 Å². The van der Waals surface area contributed by atoms with Gasteiger partial charge in [-0.25, -0.2) is 4.79 Å². The molecule has 8 heteroatoms. The van der Waals surface area contributed by atoms with E-state index in [4.69, 9.17) is 4.84 Å². The lowest BCUT2D eigenvalue weighted by atomic mass is 10.1. The maximum absolute atomic E-state index is 11.9. The number of rotatable bonds is 8. The van der Waals surface area contributed by atoms with Crippen molar-refractivity contribution in [1.82, 2.24) is 5.32 Å². The standard InChI is InChI=1S/C21H23N3O5/c1-14(17-8-10-19(11-9-17)23-15(2)25)24-29-13-20(26)22-12-16-4-6-18(7-5-16)21(27)28-3/h4-11H,12-13H2,1-3H3,(H,22,26)(H,23,25)/b24-14+. The number of anilines is 1. The molecule has 0 aliphatic heterocycles. The maximum atomic E-state index is 11.9. The highest BCUT2D eigenvalue weighted by Gasteiger charge is 2.06. The molecule has 8 nitrogen and oxygen atoms in total. The van der Waals surface area contributed by atoms with Gasteiger partial charge >= 0.3 is 5.97 Å². The summed E-state index contributed by atoms with van der Waals surface area (Å²) in [6.07, 6.45) is 0. The van der Waals surface area contributed by atoms with Gasteiger partial charge in [-0.15, -0.1) is 0 Å². The van der Waals surface area contributed by atoms with Crippen LogP contribution in [0.15, 0.2) is 53.7 Å². The average molecular weight is 397 g/mol. The molecule has 2 N–H and O–H groups in total.